The molecule has 27 heavy (non-hydrogen) atoms. The lowest BCUT2D eigenvalue weighted by molar-refractivity contribution is 0.0963. The Morgan fingerprint density at radius 2 is 2.22 bits per heavy atom. The molecule has 1 saturated heterocycles. The number of hydrogen-bond donors (Lipinski definition) is 2. The maximum absolute atomic E-state index is 11.7. The van der Waals surface area contributed by atoms with Gasteiger partial charge in [-0.1, -0.05) is 0 Å². The molecule has 1 amide bonds. The van der Waals surface area contributed by atoms with Crippen molar-refractivity contribution in [1.82, 2.24) is 25.0 Å². The predicted octanol–water partition coefficient (Wildman–Crippen LogP) is 1.29. The molecule has 0 unspecified atom stereocenters. The van der Waals surface area contributed by atoms with Crippen LogP contribution < -0.4 is 11.1 Å². The zero-order valence-corrected chi connectivity index (χ0v) is 15.4. The molecule has 0 saturated carbocycles. The van der Waals surface area contributed by atoms with Crippen LogP contribution in [0.15, 0.2) is 41.8 Å². The molecule has 9 nitrogen and oxygen atoms in total. The highest BCUT2D eigenvalue weighted by atomic mass is 16.6. The number of nitrogens with zero attached hydrogens (tertiary/aromatic N) is 5. The Hall–Kier alpha value is -3.10. The van der Waals surface area contributed by atoms with E-state index in [9.17, 15) is 4.79 Å². The molecule has 3 rings (SSSR count). The van der Waals surface area contributed by atoms with Gasteiger partial charge >= 0.3 is 6.09 Å². The fourth-order valence-corrected chi connectivity index (χ4v) is 2.94. The van der Waals surface area contributed by atoms with Crippen LogP contribution in [0.4, 0.5) is 4.79 Å². The summed E-state index contributed by atoms with van der Waals surface area (Å²) in [4.78, 5) is 22.2. The molecule has 9 heteroatoms. The number of aliphatic imine (C=N–C) groups is 1. The SMILES string of the molecule is CCOC(=O)N1CCC(NC(N)=NCc2ccnc(-n3cccn3)c2)CC1. The van der Waals surface area contributed by atoms with E-state index in [1.807, 2.05) is 31.3 Å². The lowest BCUT2D eigenvalue weighted by Crippen LogP contribution is -2.48. The highest BCUT2D eigenvalue weighted by Crippen LogP contribution is 2.12. The van der Waals surface area contributed by atoms with Crippen LogP contribution in [0.3, 0.4) is 0 Å². The number of pyridine rings is 1. The first kappa shape index (κ1) is 18.7. The van der Waals surface area contributed by atoms with Gasteiger partial charge in [-0.3, -0.25) is 0 Å². The summed E-state index contributed by atoms with van der Waals surface area (Å²) in [5.41, 5.74) is 7.03. The van der Waals surface area contributed by atoms with Gasteiger partial charge in [-0.2, -0.15) is 5.10 Å². The second kappa shape index (κ2) is 9.02. The molecule has 1 aliphatic heterocycles. The van der Waals surface area contributed by atoms with Crippen LogP contribution in [-0.4, -0.2) is 57.5 Å². The van der Waals surface area contributed by atoms with Gasteiger partial charge in [-0.05, 0) is 43.5 Å². The molecule has 3 heterocycles. The first-order valence-corrected chi connectivity index (χ1v) is 9.09. The Balaban J connectivity index is 1.49. The number of rotatable bonds is 5. The maximum Gasteiger partial charge on any atom is 0.409 e. The number of guanidine groups is 1. The van der Waals surface area contributed by atoms with Gasteiger partial charge in [-0.25, -0.2) is 19.5 Å². The number of carbonyl (C=O) groups is 1. The number of amides is 1. The summed E-state index contributed by atoms with van der Waals surface area (Å²) < 4.78 is 6.73. The minimum absolute atomic E-state index is 0.205. The normalized spacial score (nSPS) is 15.6. The zero-order chi connectivity index (χ0) is 19.1. The Kier molecular flexibility index (Phi) is 6.24. The molecule has 0 atom stereocenters. The Bertz CT molecular complexity index is 768. The second-order valence-corrected chi connectivity index (χ2v) is 6.28. The standard InChI is InChI=1S/C18H25N7O2/c1-2-27-18(26)24-10-5-15(6-11-24)23-17(19)21-13-14-4-8-20-16(12-14)25-9-3-7-22-25/h3-4,7-9,12,15H,2,5-6,10-11,13H2,1H3,(H3,19,21,23). The van der Waals surface area contributed by atoms with Crippen molar-refractivity contribution in [2.24, 2.45) is 10.7 Å². The first-order chi connectivity index (χ1) is 13.2. The molecular weight excluding hydrogens is 346 g/mol. The highest BCUT2D eigenvalue weighted by molar-refractivity contribution is 5.78. The van der Waals surface area contributed by atoms with E-state index in [1.165, 1.54) is 0 Å². The topological polar surface area (TPSA) is 111 Å². The lowest BCUT2D eigenvalue weighted by atomic mass is 10.1. The minimum Gasteiger partial charge on any atom is -0.450 e. The van der Waals surface area contributed by atoms with E-state index in [4.69, 9.17) is 10.5 Å². The van der Waals surface area contributed by atoms with Crippen LogP contribution in [-0.2, 0) is 11.3 Å². The van der Waals surface area contributed by atoms with Crippen LogP contribution in [0, 0.1) is 0 Å². The van der Waals surface area contributed by atoms with Gasteiger partial charge < -0.3 is 20.7 Å². The summed E-state index contributed by atoms with van der Waals surface area (Å²) >= 11 is 0. The summed E-state index contributed by atoms with van der Waals surface area (Å²) in [6.45, 7) is 3.97. The first-order valence-electron chi connectivity index (χ1n) is 9.09. The van der Waals surface area contributed by atoms with Gasteiger partial charge in [0.2, 0.25) is 0 Å². The molecule has 2 aromatic heterocycles. The molecule has 0 radical (unpaired) electrons. The van der Waals surface area contributed by atoms with Crippen molar-refractivity contribution >= 4 is 12.1 Å². The zero-order valence-electron chi connectivity index (χ0n) is 15.4. The van der Waals surface area contributed by atoms with Gasteiger partial charge in [0, 0.05) is 37.7 Å². The van der Waals surface area contributed by atoms with E-state index in [0.29, 0.717) is 32.2 Å². The molecule has 0 bridgehead atoms. The van der Waals surface area contributed by atoms with Crippen LogP contribution in [0.5, 0.6) is 0 Å². The smallest absolute Gasteiger partial charge is 0.409 e. The quantitative estimate of drug-likeness (QED) is 0.605. The highest BCUT2D eigenvalue weighted by Gasteiger charge is 2.23. The number of carbonyl (C=O) groups excluding carboxylic acids is 1. The Morgan fingerprint density at radius 3 is 2.93 bits per heavy atom. The maximum atomic E-state index is 11.7. The van der Waals surface area contributed by atoms with Crippen molar-refractivity contribution in [2.75, 3.05) is 19.7 Å². The average molecular weight is 371 g/mol. The summed E-state index contributed by atoms with van der Waals surface area (Å²) in [6.07, 6.45) is 6.66. The fourth-order valence-electron chi connectivity index (χ4n) is 2.94. The molecule has 2 aromatic rings. The third-order valence-electron chi connectivity index (χ3n) is 4.35. The van der Waals surface area contributed by atoms with Crippen molar-refractivity contribution in [3.63, 3.8) is 0 Å². The molecular formula is C18H25N7O2. The van der Waals surface area contributed by atoms with E-state index in [1.54, 1.807) is 22.0 Å². The summed E-state index contributed by atoms with van der Waals surface area (Å²) in [7, 11) is 0. The van der Waals surface area contributed by atoms with E-state index in [0.717, 1.165) is 24.2 Å². The van der Waals surface area contributed by atoms with E-state index < -0.39 is 0 Å². The monoisotopic (exact) mass is 371 g/mol. The molecule has 144 valence electrons. The fraction of sp³-hybridized carbons (Fsp3) is 0.444. The molecule has 0 spiro atoms. The van der Waals surface area contributed by atoms with Crippen LogP contribution in [0.2, 0.25) is 0 Å². The second-order valence-electron chi connectivity index (χ2n) is 6.28. The summed E-state index contributed by atoms with van der Waals surface area (Å²) in [6, 6.07) is 5.89. The van der Waals surface area contributed by atoms with Crippen molar-refractivity contribution < 1.29 is 9.53 Å². The van der Waals surface area contributed by atoms with E-state index in [2.05, 4.69) is 20.4 Å². The molecule has 1 fully saturated rings. The molecule has 1 aliphatic rings. The third-order valence-corrected chi connectivity index (χ3v) is 4.35. The van der Waals surface area contributed by atoms with E-state index in [-0.39, 0.29) is 12.1 Å². The third kappa shape index (κ3) is 5.19. The number of likely N-dealkylation sites (tertiary alicyclic amines) is 1. The van der Waals surface area contributed by atoms with Gasteiger partial charge in [0.1, 0.15) is 0 Å². The van der Waals surface area contributed by atoms with Crippen molar-refractivity contribution in [1.29, 1.82) is 0 Å². The lowest BCUT2D eigenvalue weighted by Gasteiger charge is -2.31. The number of piperidine rings is 1. The minimum atomic E-state index is -0.247. The van der Waals surface area contributed by atoms with Gasteiger partial charge in [0.05, 0.1) is 13.2 Å². The Labute approximate surface area is 158 Å². The Morgan fingerprint density at radius 1 is 1.41 bits per heavy atom. The van der Waals surface area contributed by atoms with Gasteiger partial charge in [0.15, 0.2) is 11.8 Å². The molecule has 0 aromatic carbocycles. The number of hydrogen-bond acceptors (Lipinski definition) is 5. The van der Waals surface area contributed by atoms with Crippen molar-refractivity contribution in [3.8, 4) is 5.82 Å². The van der Waals surface area contributed by atoms with Crippen molar-refractivity contribution in [3.05, 3.63) is 42.4 Å². The summed E-state index contributed by atoms with van der Waals surface area (Å²) in [5.74, 6) is 1.15. The van der Waals surface area contributed by atoms with Crippen LogP contribution >= 0.6 is 0 Å². The average Bonchev–Trinajstić information content (AvgIpc) is 3.22. The molecule has 0 aliphatic carbocycles. The van der Waals surface area contributed by atoms with Crippen LogP contribution in [0.25, 0.3) is 5.82 Å². The van der Waals surface area contributed by atoms with Crippen LogP contribution in [0.1, 0.15) is 25.3 Å². The number of ether oxygens (including phenoxy) is 1. The summed E-state index contributed by atoms with van der Waals surface area (Å²) in [5, 5.41) is 7.41. The van der Waals surface area contributed by atoms with Gasteiger partial charge in [-0.15, -0.1) is 0 Å². The largest absolute Gasteiger partial charge is 0.450 e. The van der Waals surface area contributed by atoms with Crippen molar-refractivity contribution in [2.45, 2.75) is 32.4 Å². The molecule has 3 N–H and O–H groups in total. The van der Waals surface area contributed by atoms with E-state index >= 15 is 0 Å². The number of nitrogens with one attached hydrogen (secondary N) is 1. The number of nitrogens with two attached hydrogens (primary N) is 1. The number of aromatic nitrogens is 3. The predicted molar refractivity (Wildman–Crippen MR) is 101 cm³/mol. The van der Waals surface area contributed by atoms with Gasteiger partial charge in [0.25, 0.3) is 0 Å².